The van der Waals surface area contributed by atoms with Crippen molar-refractivity contribution in [2.75, 3.05) is 5.06 Å². The third kappa shape index (κ3) is 4.95. The lowest BCUT2D eigenvalue weighted by atomic mass is 9.75. The molecule has 2 aliphatic rings. The molecule has 1 aliphatic carbocycles. The van der Waals surface area contributed by atoms with Gasteiger partial charge in [0.1, 0.15) is 12.0 Å². The van der Waals surface area contributed by atoms with Crippen molar-refractivity contribution < 1.29 is 9.63 Å². The molecule has 1 fully saturated rings. The van der Waals surface area contributed by atoms with Crippen LogP contribution in [0.3, 0.4) is 0 Å². The summed E-state index contributed by atoms with van der Waals surface area (Å²) in [4.78, 5) is 22.2. The minimum Gasteiger partial charge on any atom is -0.272 e. The average molecular weight is 582 g/mol. The number of para-hydroxylation sites is 1. The molecule has 0 radical (unpaired) electrons. The Kier molecular flexibility index (Phi) is 7.65. The molecule has 5 heteroatoms. The molecule has 0 unspecified atom stereocenters. The maximum Gasteiger partial charge on any atom is 0.256 e. The Hall–Kier alpha value is -4.48. The van der Waals surface area contributed by atoms with Crippen LogP contribution in [0, 0.1) is 11.8 Å². The van der Waals surface area contributed by atoms with Gasteiger partial charge in [-0.1, -0.05) is 130 Å². The Bertz CT molecular complexity index is 1720. The standard InChI is InChI=1S/C39H39N3O2/c1-26(2)32-25-24-27(3)33-35(32)40-41(36(33)28-16-8-4-9-17-28)39(43)34-37(29-18-10-5-11-19-29)42(31-22-14-7-15-23-31)44-38(34)30-20-12-6-13-21-30/h4-23,26-27,32,34,37-38H,24-25H2,1-3H3/t27-,32-,34+,37+,38-/m1/s1. The second-order valence-electron chi connectivity index (χ2n) is 12.6. The zero-order chi connectivity index (χ0) is 30.2. The van der Waals surface area contributed by atoms with Crippen molar-refractivity contribution in [3.63, 3.8) is 0 Å². The van der Waals surface area contributed by atoms with E-state index in [1.54, 1.807) is 4.68 Å². The fourth-order valence-corrected chi connectivity index (χ4v) is 7.27. The molecule has 0 spiro atoms. The summed E-state index contributed by atoms with van der Waals surface area (Å²) >= 11 is 0. The predicted molar refractivity (Wildman–Crippen MR) is 175 cm³/mol. The third-order valence-corrected chi connectivity index (χ3v) is 9.48. The fraction of sp³-hybridized carbons (Fsp3) is 0.282. The van der Waals surface area contributed by atoms with Gasteiger partial charge in [-0.2, -0.15) is 9.78 Å². The molecule has 5 atom stereocenters. The molecule has 0 amide bonds. The number of aromatic nitrogens is 2. The van der Waals surface area contributed by atoms with Crippen LogP contribution in [0.1, 0.15) is 84.8 Å². The Morgan fingerprint density at radius 1 is 0.773 bits per heavy atom. The van der Waals surface area contributed by atoms with E-state index in [-0.39, 0.29) is 11.9 Å². The molecule has 0 bridgehead atoms. The first-order valence-corrected chi connectivity index (χ1v) is 15.9. The highest BCUT2D eigenvalue weighted by Crippen LogP contribution is 2.51. The summed E-state index contributed by atoms with van der Waals surface area (Å²) in [5, 5.41) is 7.22. The van der Waals surface area contributed by atoms with E-state index in [1.807, 2.05) is 90.0 Å². The highest BCUT2D eigenvalue weighted by molar-refractivity contribution is 5.89. The van der Waals surface area contributed by atoms with Gasteiger partial charge in [0.25, 0.3) is 5.91 Å². The maximum atomic E-state index is 15.4. The third-order valence-electron chi connectivity index (χ3n) is 9.48. The van der Waals surface area contributed by atoms with E-state index in [1.165, 1.54) is 5.56 Å². The summed E-state index contributed by atoms with van der Waals surface area (Å²) in [7, 11) is 0. The lowest BCUT2D eigenvalue weighted by Gasteiger charge is -2.29. The number of nitrogens with zero attached hydrogens (tertiary/aromatic N) is 3. The summed E-state index contributed by atoms with van der Waals surface area (Å²) in [6, 6.07) is 40.5. The van der Waals surface area contributed by atoms with Crippen LogP contribution in [0.2, 0.25) is 0 Å². The molecule has 5 aromatic rings. The molecule has 0 N–H and O–H groups in total. The van der Waals surface area contributed by atoms with Crippen molar-refractivity contribution in [1.29, 1.82) is 0 Å². The van der Waals surface area contributed by atoms with Crippen molar-refractivity contribution in [1.82, 2.24) is 9.78 Å². The van der Waals surface area contributed by atoms with Crippen LogP contribution in [0.5, 0.6) is 0 Å². The van der Waals surface area contributed by atoms with Crippen molar-refractivity contribution in [3.05, 3.63) is 144 Å². The van der Waals surface area contributed by atoms with Gasteiger partial charge < -0.3 is 0 Å². The average Bonchev–Trinajstić information content (AvgIpc) is 3.67. The Morgan fingerprint density at radius 3 is 1.95 bits per heavy atom. The van der Waals surface area contributed by atoms with E-state index in [0.29, 0.717) is 17.8 Å². The van der Waals surface area contributed by atoms with Gasteiger partial charge in [-0.25, -0.2) is 5.06 Å². The molecule has 222 valence electrons. The first-order valence-electron chi connectivity index (χ1n) is 15.9. The van der Waals surface area contributed by atoms with Crippen LogP contribution < -0.4 is 5.06 Å². The van der Waals surface area contributed by atoms with Gasteiger partial charge in [-0.3, -0.25) is 9.63 Å². The number of hydrogen-bond acceptors (Lipinski definition) is 4. The number of carbonyl (C=O) groups is 1. The molecular formula is C39H39N3O2. The SMILES string of the molecule is CC(C)[C@H]1CC[C@@H](C)c2c1nn(C(=O)[C@@H]1[C@@H](c3ccccc3)ON(c3ccccc3)[C@H]1c1ccccc1)c2-c1ccccc1. The van der Waals surface area contributed by atoms with Gasteiger partial charge in [0.15, 0.2) is 0 Å². The van der Waals surface area contributed by atoms with Gasteiger partial charge in [0.05, 0.1) is 23.1 Å². The zero-order valence-electron chi connectivity index (χ0n) is 25.6. The quantitative estimate of drug-likeness (QED) is 0.200. The Morgan fingerprint density at radius 2 is 1.34 bits per heavy atom. The van der Waals surface area contributed by atoms with Crippen molar-refractivity contribution in [3.8, 4) is 11.3 Å². The summed E-state index contributed by atoms with van der Waals surface area (Å²) < 4.78 is 1.76. The van der Waals surface area contributed by atoms with E-state index in [9.17, 15) is 0 Å². The molecule has 44 heavy (non-hydrogen) atoms. The minimum absolute atomic E-state index is 0.0471. The van der Waals surface area contributed by atoms with E-state index >= 15 is 4.79 Å². The van der Waals surface area contributed by atoms with Gasteiger partial charge in [-0.05, 0) is 47.9 Å². The Balaban J connectivity index is 1.45. The zero-order valence-corrected chi connectivity index (χ0v) is 25.6. The van der Waals surface area contributed by atoms with Crippen LogP contribution in [-0.4, -0.2) is 15.7 Å². The van der Waals surface area contributed by atoms with Crippen LogP contribution in [0.15, 0.2) is 121 Å². The number of hydroxylamine groups is 1. The molecule has 7 rings (SSSR count). The van der Waals surface area contributed by atoms with E-state index < -0.39 is 12.0 Å². The number of fused-ring (bicyclic) bond motifs is 1. The highest BCUT2D eigenvalue weighted by atomic mass is 16.7. The summed E-state index contributed by atoms with van der Waals surface area (Å²) in [6.07, 6.45) is 1.67. The van der Waals surface area contributed by atoms with Gasteiger partial charge in [0.2, 0.25) is 0 Å². The number of carbonyl (C=O) groups excluding carboxylic acids is 1. The highest BCUT2D eigenvalue weighted by Gasteiger charge is 2.51. The number of anilines is 1. The topological polar surface area (TPSA) is 47.4 Å². The van der Waals surface area contributed by atoms with Crippen LogP contribution in [-0.2, 0) is 4.84 Å². The van der Waals surface area contributed by atoms with Gasteiger partial charge in [0, 0.05) is 17.0 Å². The minimum atomic E-state index is -0.559. The molecule has 5 nitrogen and oxygen atoms in total. The number of hydrogen-bond donors (Lipinski definition) is 0. The predicted octanol–water partition coefficient (Wildman–Crippen LogP) is 9.38. The monoisotopic (exact) mass is 581 g/mol. The smallest absolute Gasteiger partial charge is 0.256 e. The van der Waals surface area contributed by atoms with Crippen LogP contribution in [0.25, 0.3) is 11.3 Å². The summed E-state index contributed by atoms with van der Waals surface area (Å²) in [5.74, 6) is 0.451. The van der Waals surface area contributed by atoms with E-state index in [2.05, 4.69) is 57.2 Å². The van der Waals surface area contributed by atoms with E-state index in [0.717, 1.165) is 46.6 Å². The van der Waals surface area contributed by atoms with E-state index in [4.69, 9.17) is 9.94 Å². The lowest BCUT2D eigenvalue weighted by Crippen LogP contribution is -2.32. The maximum absolute atomic E-state index is 15.4. The molecule has 1 aromatic heterocycles. The van der Waals surface area contributed by atoms with Crippen molar-refractivity contribution >= 4 is 11.6 Å². The van der Waals surface area contributed by atoms with Crippen LogP contribution in [0.4, 0.5) is 5.69 Å². The molecule has 1 saturated heterocycles. The number of rotatable bonds is 6. The second-order valence-corrected chi connectivity index (χ2v) is 12.6. The largest absolute Gasteiger partial charge is 0.272 e. The molecule has 0 saturated carbocycles. The first kappa shape index (κ1) is 28.3. The first-order chi connectivity index (χ1) is 21.5. The molecule has 2 heterocycles. The Labute approximate surface area is 260 Å². The summed E-state index contributed by atoms with van der Waals surface area (Å²) in [5.41, 5.74) is 7.17. The van der Waals surface area contributed by atoms with Gasteiger partial charge >= 0.3 is 0 Å². The lowest BCUT2D eigenvalue weighted by molar-refractivity contribution is 0.0542. The molecule has 1 aliphatic heterocycles. The van der Waals surface area contributed by atoms with Gasteiger partial charge in [-0.15, -0.1) is 0 Å². The fourth-order valence-electron chi connectivity index (χ4n) is 7.27. The molecule has 4 aromatic carbocycles. The van der Waals surface area contributed by atoms with Crippen molar-refractivity contribution in [2.24, 2.45) is 11.8 Å². The summed E-state index contributed by atoms with van der Waals surface area (Å²) in [6.45, 7) is 6.83. The van der Waals surface area contributed by atoms with Crippen LogP contribution >= 0.6 is 0 Å². The van der Waals surface area contributed by atoms with Crippen molar-refractivity contribution in [2.45, 2.75) is 57.6 Å². The second kappa shape index (κ2) is 11.9. The normalized spacial score (nSPS) is 23.1. The number of benzene rings is 4. The molecular weight excluding hydrogens is 542 g/mol.